The number of sulfonamides is 1. The zero-order valence-electron chi connectivity index (χ0n) is 10.7. The minimum atomic E-state index is -3.87. The van der Waals surface area contributed by atoms with Crippen molar-refractivity contribution in [3.05, 3.63) is 33.8 Å². The maximum Gasteiger partial charge on any atom is 0.264 e. The van der Waals surface area contributed by atoms with Crippen LogP contribution in [-0.2, 0) is 21.2 Å². The van der Waals surface area contributed by atoms with E-state index in [1.54, 1.807) is 13.0 Å². The zero-order chi connectivity index (χ0) is 15.6. The number of aliphatic carboxylic acids is 1. The zero-order valence-corrected chi connectivity index (χ0v) is 13.0. The fourth-order valence-electron chi connectivity index (χ4n) is 1.54. The first-order chi connectivity index (χ1) is 9.79. The van der Waals surface area contributed by atoms with Crippen molar-refractivity contribution in [3.8, 4) is 0 Å². The Morgan fingerprint density at radius 1 is 1.43 bits per heavy atom. The predicted molar refractivity (Wildman–Crippen MR) is 75.6 cm³/mol. The Labute approximate surface area is 129 Å². The summed E-state index contributed by atoms with van der Waals surface area (Å²) in [5, 5.41) is 18.0. The van der Waals surface area contributed by atoms with Crippen LogP contribution in [0.3, 0.4) is 0 Å². The van der Waals surface area contributed by atoms with Crippen molar-refractivity contribution in [2.24, 2.45) is 0 Å². The van der Waals surface area contributed by atoms with E-state index in [0.29, 0.717) is 10.6 Å². The van der Waals surface area contributed by atoms with Gasteiger partial charge in [-0.3, -0.25) is 4.72 Å². The minimum Gasteiger partial charge on any atom is -0.550 e. The number of anilines is 1. The predicted octanol–water partition coefficient (Wildman–Crippen LogP) is 0.593. The second kappa shape index (κ2) is 5.96. The number of benzene rings is 1. The van der Waals surface area contributed by atoms with Crippen molar-refractivity contribution in [2.45, 2.75) is 18.2 Å². The minimum absolute atomic E-state index is 0.0200. The van der Waals surface area contributed by atoms with Crippen LogP contribution in [0.25, 0.3) is 0 Å². The van der Waals surface area contributed by atoms with Crippen LogP contribution in [0.2, 0.25) is 5.02 Å². The molecule has 0 fully saturated rings. The average Bonchev–Trinajstić information content (AvgIpc) is 2.78. The van der Waals surface area contributed by atoms with Gasteiger partial charge >= 0.3 is 0 Å². The summed E-state index contributed by atoms with van der Waals surface area (Å²) in [5.41, 5.74) is 0.408. The summed E-state index contributed by atoms with van der Waals surface area (Å²) in [7, 11) is -3.87. The molecule has 0 saturated carbocycles. The van der Waals surface area contributed by atoms with Gasteiger partial charge in [0.1, 0.15) is 5.01 Å². The number of nitrogens with one attached hydrogen (secondary N) is 1. The van der Waals surface area contributed by atoms with Gasteiger partial charge in [-0.15, -0.1) is 10.2 Å². The number of rotatable bonds is 5. The lowest BCUT2D eigenvalue weighted by Gasteiger charge is -2.08. The van der Waals surface area contributed by atoms with E-state index < -0.39 is 22.4 Å². The monoisotopic (exact) mass is 346 g/mol. The summed E-state index contributed by atoms with van der Waals surface area (Å²) < 4.78 is 26.7. The number of aromatic nitrogens is 2. The molecule has 21 heavy (non-hydrogen) atoms. The van der Waals surface area contributed by atoms with Crippen molar-refractivity contribution in [3.63, 3.8) is 0 Å². The Bertz CT molecular complexity index is 789. The lowest BCUT2D eigenvalue weighted by molar-refractivity contribution is -0.304. The summed E-state index contributed by atoms with van der Waals surface area (Å²) in [6, 6.07) is 4.51. The molecule has 2 aromatic rings. The lowest BCUT2D eigenvalue weighted by atomic mass is 10.2. The van der Waals surface area contributed by atoms with Crippen LogP contribution in [0.4, 0.5) is 5.13 Å². The number of hydrogen-bond donors (Lipinski definition) is 1. The van der Waals surface area contributed by atoms with Gasteiger partial charge in [0.05, 0.1) is 4.90 Å². The molecule has 0 unspecified atom stereocenters. The normalized spacial score (nSPS) is 11.3. The molecule has 0 bridgehead atoms. The summed E-state index contributed by atoms with van der Waals surface area (Å²) in [5.74, 6) is -1.31. The van der Waals surface area contributed by atoms with Crippen molar-refractivity contribution in [1.82, 2.24) is 10.2 Å². The fourth-order valence-corrected chi connectivity index (χ4v) is 3.99. The molecule has 0 spiro atoms. The topological polar surface area (TPSA) is 112 Å². The molecule has 0 aliphatic carbocycles. The van der Waals surface area contributed by atoms with Crippen molar-refractivity contribution in [1.29, 1.82) is 0 Å². The van der Waals surface area contributed by atoms with Crippen LogP contribution in [0.5, 0.6) is 0 Å². The SMILES string of the molecule is Cc1c(Cl)cccc1S(=O)(=O)Nc1nnc(CC(=O)[O-])s1. The van der Waals surface area contributed by atoms with E-state index in [1.807, 2.05) is 0 Å². The molecule has 10 heteroatoms. The molecule has 0 amide bonds. The highest BCUT2D eigenvalue weighted by atomic mass is 35.5. The standard InChI is InChI=1S/C11H10ClN3O4S2/c1-6-7(12)3-2-4-8(6)21(18,19)15-11-14-13-9(20-11)5-10(16)17/h2-4H,5H2,1H3,(H,14,15)(H,16,17)/p-1. The molecule has 2 rings (SSSR count). The van der Waals surface area contributed by atoms with Crippen molar-refractivity contribution >= 4 is 44.1 Å². The van der Waals surface area contributed by atoms with E-state index in [1.165, 1.54) is 12.1 Å². The Kier molecular flexibility index (Phi) is 4.45. The van der Waals surface area contributed by atoms with E-state index in [9.17, 15) is 18.3 Å². The molecule has 7 nitrogen and oxygen atoms in total. The van der Waals surface area contributed by atoms with Crippen LogP contribution in [0.15, 0.2) is 23.1 Å². The highest BCUT2D eigenvalue weighted by Gasteiger charge is 2.20. The van der Waals surface area contributed by atoms with E-state index in [4.69, 9.17) is 11.6 Å². The molecule has 1 aromatic carbocycles. The van der Waals surface area contributed by atoms with Gasteiger partial charge in [-0.25, -0.2) is 8.42 Å². The van der Waals surface area contributed by atoms with Gasteiger partial charge in [0.15, 0.2) is 0 Å². The molecule has 0 aliphatic heterocycles. The van der Waals surface area contributed by atoms with Crippen LogP contribution in [-0.4, -0.2) is 24.6 Å². The van der Waals surface area contributed by atoms with E-state index in [2.05, 4.69) is 14.9 Å². The van der Waals surface area contributed by atoms with E-state index >= 15 is 0 Å². The number of carboxylic acid groups (broad SMARTS) is 1. The second-order valence-electron chi connectivity index (χ2n) is 4.02. The summed E-state index contributed by atoms with van der Waals surface area (Å²) in [6.45, 7) is 1.58. The molecule has 0 aliphatic rings. The number of carbonyl (C=O) groups is 1. The quantitative estimate of drug-likeness (QED) is 0.848. The summed E-state index contributed by atoms with van der Waals surface area (Å²) in [4.78, 5) is 10.5. The molecule has 0 radical (unpaired) electrons. The van der Waals surface area contributed by atoms with Gasteiger partial charge in [0.2, 0.25) is 5.13 Å². The average molecular weight is 347 g/mol. The first kappa shape index (κ1) is 15.7. The highest BCUT2D eigenvalue weighted by Crippen LogP contribution is 2.25. The van der Waals surface area contributed by atoms with Crippen LogP contribution in [0.1, 0.15) is 10.6 Å². The fraction of sp³-hybridized carbons (Fsp3) is 0.182. The van der Waals surface area contributed by atoms with Gasteiger partial charge < -0.3 is 9.90 Å². The first-order valence-electron chi connectivity index (χ1n) is 5.60. The molecular weight excluding hydrogens is 338 g/mol. The van der Waals surface area contributed by atoms with Gasteiger partial charge in [0.25, 0.3) is 10.0 Å². The van der Waals surface area contributed by atoms with Crippen LogP contribution >= 0.6 is 22.9 Å². The lowest BCUT2D eigenvalue weighted by Crippen LogP contribution is -2.24. The molecule has 112 valence electrons. The number of halogens is 1. The molecule has 1 heterocycles. The van der Waals surface area contributed by atoms with Gasteiger partial charge in [0, 0.05) is 17.4 Å². The van der Waals surface area contributed by atoms with Crippen molar-refractivity contribution < 1.29 is 18.3 Å². The van der Waals surface area contributed by atoms with Crippen LogP contribution < -0.4 is 9.83 Å². The Balaban J connectivity index is 2.27. The molecule has 1 aromatic heterocycles. The highest BCUT2D eigenvalue weighted by molar-refractivity contribution is 7.93. The third-order valence-electron chi connectivity index (χ3n) is 2.49. The van der Waals surface area contributed by atoms with Gasteiger partial charge in [-0.1, -0.05) is 29.0 Å². The Hall–Kier alpha value is -1.71. The van der Waals surface area contributed by atoms with Gasteiger partial charge in [-0.2, -0.15) is 0 Å². The summed E-state index contributed by atoms with van der Waals surface area (Å²) >= 11 is 6.72. The maximum atomic E-state index is 12.2. The number of carboxylic acids is 1. The Morgan fingerprint density at radius 2 is 2.14 bits per heavy atom. The molecule has 0 saturated heterocycles. The third-order valence-corrected chi connectivity index (χ3v) is 5.35. The maximum absolute atomic E-state index is 12.2. The largest absolute Gasteiger partial charge is 0.550 e. The number of carbonyl (C=O) groups excluding carboxylic acids is 1. The molecule has 1 N–H and O–H groups in total. The summed E-state index contributed by atoms with van der Waals surface area (Å²) in [6.07, 6.45) is -0.421. The second-order valence-corrected chi connectivity index (χ2v) is 7.14. The smallest absolute Gasteiger partial charge is 0.264 e. The molecular formula is C11H9ClN3O4S2-. The Morgan fingerprint density at radius 3 is 2.81 bits per heavy atom. The van der Waals surface area contributed by atoms with Crippen molar-refractivity contribution in [2.75, 3.05) is 4.72 Å². The first-order valence-corrected chi connectivity index (χ1v) is 8.27. The van der Waals surface area contributed by atoms with Crippen LogP contribution in [0, 0.1) is 6.92 Å². The number of nitrogens with zero attached hydrogens (tertiary/aromatic N) is 2. The van der Waals surface area contributed by atoms with E-state index in [0.717, 1.165) is 11.3 Å². The third kappa shape index (κ3) is 3.69. The molecule has 0 atom stereocenters. The van der Waals surface area contributed by atoms with Gasteiger partial charge in [-0.05, 0) is 24.6 Å². The van der Waals surface area contributed by atoms with E-state index in [-0.39, 0.29) is 15.0 Å². The number of hydrogen-bond acceptors (Lipinski definition) is 7.